The van der Waals surface area contributed by atoms with E-state index in [-0.39, 0.29) is 5.54 Å². The van der Waals surface area contributed by atoms with E-state index in [1.807, 2.05) is 12.3 Å². The Kier molecular flexibility index (Phi) is 3.83. The molecule has 0 radical (unpaired) electrons. The Morgan fingerprint density at radius 1 is 1.10 bits per heavy atom. The molecule has 1 aliphatic rings. The Balaban J connectivity index is 1.80. The average Bonchev–Trinajstić information content (AvgIpc) is 2.54. The molecule has 1 aliphatic heterocycles. The minimum atomic E-state index is 0.0897. The summed E-state index contributed by atoms with van der Waals surface area (Å²) < 4.78 is 0. The Hall–Kier alpha value is -1.65. The first kappa shape index (κ1) is 14.3. The van der Waals surface area contributed by atoms with Gasteiger partial charge in [-0.3, -0.25) is 9.88 Å². The number of fused-ring (bicyclic) bond motifs is 1. The maximum absolute atomic E-state index is 5.89. The highest BCUT2D eigenvalue weighted by molar-refractivity contribution is 5.91. The number of pyridine rings is 1. The van der Waals surface area contributed by atoms with Gasteiger partial charge in [-0.05, 0) is 26.0 Å². The van der Waals surface area contributed by atoms with Crippen molar-refractivity contribution in [3.8, 4) is 0 Å². The van der Waals surface area contributed by atoms with Gasteiger partial charge in [-0.25, -0.2) is 0 Å². The van der Waals surface area contributed by atoms with Crippen LogP contribution in [-0.2, 0) is 0 Å². The van der Waals surface area contributed by atoms with Crippen molar-refractivity contribution >= 4 is 16.6 Å². The minimum absolute atomic E-state index is 0.0897. The molecular weight excluding hydrogens is 260 g/mol. The molecule has 2 heterocycles. The van der Waals surface area contributed by atoms with Crippen LogP contribution >= 0.6 is 0 Å². The lowest BCUT2D eigenvalue weighted by molar-refractivity contribution is 0.119. The molecule has 4 nitrogen and oxygen atoms in total. The molecule has 0 bridgehead atoms. The van der Waals surface area contributed by atoms with E-state index in [4.69, 9.17) is 5.73 Å². The minimum Gasteiger partial charge on any atom is -0.368 e. The van der Waals surface area contributed by atoms with E-state index in [1.165, 1.54) is 11.1 Å². The summed E-state index contributed by atoms with van der Waals surface area (Å²) in [6.45, 7) is 9.34. The van der Waals surface area contributed by atoms with Gasteiger partial charge in [-0.15, -0.1) is 0 Å². The first-order valence-corrected chi connectivity index (χ1v) is 7.66. The van der Waals surface area contributed by atoms with Crippen molar-refractivity contribution in [3.63, 3.8) is 0 Å². The van der Waals surface area contributed by atoms with E-state index < -0.39 is 0 Å². The standard InChI is InChI=1S/C17H24N4/c1-17(2,13-18)21-11-9-20(10-12-21)16-7-8-19-15-6-4-3-5-14(15)16/h3-8H,9-13,18H2,1-2H3. The highest BCUT2D eigenvalue weighted by Gasteiger charge is 2.29. The molecule has 0 atom stereocenters. The van der Waals surface area contributed by atoms with Crippen molar-refractivity contribution in [2.75, 3.05) is 37.6 Å². The number of rotatable bonds is 3. The summed E-state index contributed by atoms with van der Waals surface area (Å²) in [6.07, 6.45) is 1.91. The molecule has 3 rings (SSSR count). The van der Waals surface area contributed by atoms with Gasteiger partial charge in [0.2, 0.25) is 0 Å². The van der Waals surface area contributed by atoms with Crippen LogP contribution in [0.3, 0.4) is 0 Å². The molecule has 1 fully saturated rings. The van der Waals surface area contributed by atoms with Gasteiger partial charge in [0.1, 0.15) is 0 Å². The Bertz CT molecular complexity index is 610. The summed E-state index contributed by atoms with van der Waals surface area (Å²) in [5.74, 6) is 0. The Morgan fingerprint density at radius 3 is 2.52 bits per heavy atom. The zero-order chi connectivity index (χ0) is 14.9. The molecule has 0 unspecified atom stereocenters. The average molecular weight is 284 g/mol. The lowest BCUT2D eigenvalue weighted by Crippen LogP contribution is -2.57. The fourth-order valence-electron chi connectivity index (χ4n) is 3.04. The zero-order valence-corrected chi connectivity index (χ0v) is 12.9. The van der Waals surface area contributed by atoms with E-state index in [2.05, 4.69) is 52.9 Å². The molecule has 1 aromatic carbocycles. The number of nitrogens with zero attached hydrogens (tertiary/aromatic N) is 3. The fourth-order valence-corrected chi connectivity index (χ4v) is 3.04. The Morgan fingerprint density at radius 2 is 1.81 bits per heavy atom. The first-order chi connectivity index (χ1) is 10.1. The van der Waals surface area contributed by atoms with Crippen LogP contribution in [0.1, 0.15) is 13.8 Å². The summed E-state index contributed by atoms with van der Waals surface area (Å²) >= 11 is 0. The number of anilines is 1. The lowest BCUT2D eigenvalue weighted by Gasteiger charge is -2.44. The van der Waals surface area contributed by atoms with Crippen molar-refractivity contribution in [3.05, 3.63) is 36.5 Å². The van der Waals surface area contributed by atoms with Gasteiger partial charge in [-0.1, -0.05) is 18.2 Å². The van der Waals surface area contributed by atoms with E-state index in [1.54, 1.807) is 0 Å². The zero-order valence-electron chi connectivity index (χ0n) is 12.9. The van der Waals surface area contributed by atoms with Crippen molar-refractivity contribution in [2.45, 2.75) is 19.4 Å². The van der Waals surface area contributed by atoms with Crippen LogP contribution in [0.5, 0.6) is 0 Å². The maximum atomic E-state index is 5.89. The van der Waals surface area contributed by atoms with Gasteiger partial charge < -0.3 is 10.6 Å². The van der Waals surface area contributed by atoms with Crippen LogP contribution < -0.4 is 10.6 Å². The predicted octanol–water partition coefficient (Wildman–Crippen LogP) is 2.09. The van der Waals surface area contributed by atoms with Crippen molar-refractivity contribution in [1.82, 2.24) is 9.88 Å². The SMILES string of the molecule is CC(C)(CN)N1CCN(c2ccnc3ccccc23)CC1. The highest BCUT2D eigenvalue weighted by Crippen LogP contribution is 2.27. The number of piperazine rings is 1. The van der Waals surface area contributed by atoms with Gasteiger partial charge in [0.25, 0.3) is 0 Å². The topological polar surface area (TPSA) is 45.4 Å². The van der Waals surface area contributed by atoms with Crippen molar-refractivity contribution in [1.29, 1.82) is 0 Å². The largest absolute Gasteiger partial charge is 0.368 e. The van der Waals surface area contributed by atoms with E-state index in [9.17, 15) is 0 Å². The maximum Gasteiger partial charge on any atom is 0.0722 e. The highest BCUT2D eigenvalue weighted by atomic mass is 15.3. The fraction of sp³-hybridized carbons (Fsp3) is 0.471. The number of aromatic nitrogens is 1. The normalized spacial score (nSPS) is 17.4. The smallest absolute Gasteiger partial charge is 0.0722 e. The number of hydrogen-bond acceptors (Lipinski definition) is 4. The number of benzene rings is 1. The van der Waals surface area contributed by atoms with E-state index >= 15 is 0 Å². The molecule has 4 heteroatoms. The Labute approximate surface area is 126 Å². The summed E-state index contributed by atoms with van der Waals surface area (Å²) in [5.41, 5.74) is 8.35. The molecule has 1 saturated heterocycles. The van der Waals surface area contributed by atoms with Gasteiger partial charge >= 0.3 is 0 Å². The second-order valence-corrected chi connectivity index (χ2v) is 6.34. The van der Waals surface area contributed by atoms with Crippen LogP contribution in [0.25, 0.3) is 10.9 Å². The third-order valence-electron chi connectivity index (χ3n) is 4.60. The number of nitrogens with two attached hydrogens (primary N) is 1. The second kappa shape index (κ2) is 5.62. The van der Waals surface area contributed by atoms with Crippen molar-refractivity contribution in [2.24, 2.45) is 5.73 Å². The van der Waals surface area contributed by atoms with Crippen LogP contribution in [0.15, 0.2) is 36.5 Å². The number of hydrogen-bond donors (Lipinski definition) is 1. The summed E-state index contributed by atoms with van der Waals surface area (Å²) in [7, 11) is 0. The van der Waals surface area contributed by atoms with Gasteiger partial charge in [0.15, 0.2) is 0 Å². The van der Waals surface area contributed by atoms with Crippen LogP contribution in [0.4, 0.5) is 5.69 Å². The van der Waals surface area contributed by atoms with Gasteiger partial charge in [0.05, 0.1) is 5.52 Å². The van der Waals surface area contributed by atoms with Gasteiger partial charge in [0, 0.05) is 55.5 Å². The molecule has 2 N–H and O–H groups in total. The van der Waals surface area contributed by atoms with Crippen LogP contribution in [0.2, 0.25) is 0 Å². The molecule has 0 aliphatic carbocycles. The molecular formula is C17H24N4. The molecule has 0 spiro atoms. The monoisotopic (exact) mass is 284 g/mol. The molecule has 2 aromatic rings. The predicted molar refractivity (Wildman–Crippen MR) is 88.7 cm³/mol. The molecule has 21 heavy (non-hydrogen) atoms. The third kappa shape index (κ3) is 2.74. The van der Waals surface area contributed by atoms with Crippen LogP contribution in [-0.4, -0.2) is 48.1 Å². The quantitative estimate of drug-likeness (QED) is 0.937. The lowest BCUT2D eigenvalue weighted by atomic mass is 10.0. The van der Waals surface area contributed by atoms with Crippen LogP contribution in [0, 0.1) is 0 Å². The first-order valence-electron chi connectivity index (χ1n) is 7.66. The molecule has 112 valence electrons. The van der Waals surface area contributed by atoms with Gasteiger partial charge in [-0.2, -0.15) is 0 Å². The third-order valence-corrected chi connectivity index (χ3v) is 4.60. The number of para-hydroxylation sites is 1. The van der Waals surface area contributed by atoms with E-state index in [0.717, 1.165) is 31.7 Å². The van der Waals surface area contributed by atoms with Crippen molar-refractivity contribution < 1.29 is 0 Å². The summed E-state index contributed by atoms with van der Waals surface area (Å²) in [6, 6.07) is 10.5. The van der Waals surface area contributed by atoms with E-state index in [0.29, 0.717) is 6.54 Å². The second-order valence-electron chi connectivity index (χ2n) is 6.34. The molecule has 0 saturated carbocycles. The summed E-state index contributed by atoms with van der Waals surface area (Å²) in [4.78, 5) is 9.41. The molecule has 1 aromatic heterocycles. The molecule has 0 amide bonds. The summed E-state index contributed by atoms with van der Waals surface area (Å²) in [5, 5.41) is 1.24.